The van der Waals surface area contributed by atoms with Gasteiger partial charge >= 0.3 is 5.97 Å². The molecule has 0 atom stereocenters. The summed E-state index contributed by atoms with van der Waals surface area (Å²) >= 11 is 1.65. The Morgan fingerprint density at radius 2 is 1.70 bits per heavy atom. The first-order chi connectivity index (χ1) is 9.47. The Labute approximate surface area is 123 Å². The molecule has 0 radical (unpaired) electrons. The summed E-state index contributed by atoms with van der Waals surface area (Å²) in [4.78, 5) is 13.2. The highest BCUT2D eigenvalue weighted by Gasteiger charge is 2.11. The van der Waals surface area contributed by atoms with Gasteiger partial charge in [0.25, 0.3) is 0 Å². The number of hydrogen-bond donors (Lipinski definition) is 1. The van der Waals surface area contributed by atoms with Gasteiger partial charge in [0.15, 0.2) is 0 Å². The van der Waals surface area contributed by atoms with E-state index in [1.165, 1.54) is 21.6 Å². The standard InChI is InChI=1S/C17H18O2S/c1-11-8-12(2)17(13(3)9-11)20-15-7-5-4-6-14(15)10-16(18)19/h4-9H,10H2,1-3H3,(H,18,19). The lowest BCUT2D eigenvalue weighted by atomic mass is 10.1. The van der Waals surface area contributed by atoms with E-state index in [2.05, 4.69) is 32.9 Å². The van der Waals surface area contributed by atoms with Crippen molar-refractivity contribution in [3.63, 3.8) is 0 Å². The van der Waals surface area contributed by atoms with Crippen molar-refractivity contribution in [2.24, 2.45) is 0 Å². The second-order valence-corrected chi connectivity index (χ2v) is 6.06. The molecule has 0 unspecified atom stereocenters. The molecule has 1 N–H and O–H groups in total. The molecule has 2 aromatic carbocycles. The maximum atomic E-state index is 10.9. The predicted molar refractivity (Wildman–Crippen MR) is 82.6 cm³/mol. The lowest BCUT2D eigenvalue weighted by molar-refractivity contribution is -0.136. The number of hydrogen-bond acceptors (Lipinski definition) is 2. The van der Waals surface area contributed by atoms with Gasteiger partial charge in [-0.1, -0.05) is 47.7 Å². The lowest BCUT2D eigenvalue weighted by Crippen LogP contribution is -2.01. The van der Waals surface area contributed by atoms with Crippen molar-refractivity contribution in [1.29, 1.82) is 0 Å². The third kappa shape index (κ3) is 3.42. The van der Waals surface area contributed by atoms with Gasteiger partial charge in [-0.2, -0.15) is 0 Å². The normalized spacial score (nSPS) is 10.6. The molecule has 0 aromatic heterocycles. The van der Waals surface area contributed by atoms with E-state index >= 15 is 0 Å². The number of benzene rings is 2. The highest BCUT2D eigenvalue weighted by molar-refractivity contribution is 7.99. The number of aryl methyl sites for hydroxylation is 3. The lowest BCUT2D eigenvalue weighted by Gasteiger charge is -2.13. The van der Waals surface area contributed by atoms with E-state index in [0.717, 1.165) is 10.5 Å². The number of carbonyl (C=O) groups is 1. The minimum absolute atomic E-state index is 0.0626. The van der Waals surface area contributed by atoms with Crippen LogP contribution in [0.2, 0.25) is 0 Å². The zero-order valence-electron chi connectivity index (χ0n) is 11.9. The van der Waals surface area contributed by atoms with Gasteiger partial charge in [0, 0.05) is 9.79 Å². The Hall–Kier alpha value is -1.74. The second-order valence-electron chi connectivity index (χ2n) is 5.01. The summed E-state index contributed by atoms with van der Waals surface area (Å²) in [5, 5.41) is 8.99. The van der Waals surface area contributed by atoms with Crippen LogP contribution >= 0.6 is 11.8 Å². The summed E-state index contributed by atoms with van der Waals surface area (Å²) in [5.41, 5.74) is 4.59. The molecule has 2 aromatic rings. The molecule has 3 heteroatoms. The van der Waals surface area contributed by atoms with Crippen molar-refractivity contribution in [3.05, 3.63) is 58.7 Å². The van der Waals surface area contributed by atoms with E-state index in [9.17, 15) is 4.79 Å². The molecule has 0 aliphatic heterocycles. The molecule has 104 valence electrons. The zero-order chi connectivity index (χ0) is 14.7. The Kier molecular flexibility index (Phi) is 4.50. The first-order valence-corrected chi connectivity index (χ1v) is 7.34. The minimum atomic E-state index is -0.796. The SMILES string of the molecule is Cc1cc(C)c(Sc2ccccc2CC(=O)O)c(C)c1. The number of carboxylic acids is 1. The molecule has 0 spiro atoms. The molecule has 0 fully saturated rings. The van der Waals surface area contributed by atoms with Crippen LogP contribution in [0.3, 0.4) is 0 Å². The van der Waals surface area contributed by atoms with Crippen LogP contribution in [0.4, 0.5) is 0 Å². The van der Waals surface area contributed by atoms with Crippen molar-refractivity contribution in [1.82, 2.24) is 0 Å². The first-order valence-electron chi connectivity index (χ1n) is 6.53. The van der Waals surface area contributed by atoms with E-state index in [1.54, 1.807) is 11.8 Å². The fraction of sp³-hybridized carbons (Fsp3) is 0.235. The van der Waals surface area contributed by atoms with E-state index in [1.807, 2.05) is 24.3 Å². The average molecular weight is 286 g/mol. The van der Waals surface area contributed by atoms with Gasteiger partial charge in [0.1, 0.15) is 0 Å². The summed E-state index contributed by atoms with van der Waals surface area (Å²) in [5.74, 6) is -0.796. The Bertz CT molecular complexity index is 624. The Morgan fingerprint density at radius 3 is 2.30 bits per heavy atom. The smallest absolute Gasteiger partial charge is 0.307 e. The Balaban J connectivity index is 2.38. The highest BCUT2D eigenvalue weighted by Crippen LogP contribution is 2.35. The molecule has 0 saturated heterocycles. The summed E-state index contributed by atoms with van der Waals surface area (Å²) in [6, 6.07) is 12.0. The van der Waals surface area contributed by atoms with Gasteiger partial charge in [0.2, 0.25) is 0 Å². The molecule has 0 heterocycles. The predicted octanol–water partition coefficient (Wildman–Crippen LogP) is 4.39. The van der Waals surface area contributed by atoms with Gasteiger partial charge in [-0.25, -0.2) is 0 Å². The molecular formula is C17H18O2S. The first kappa shape index (κ1) is 14.7. The highest BCUT2D eigenvalue weighted by atomic mass is 32.2. The van der Waals surface area contributed by atoms with E-state index in [-0.39, 0.29) is 6.42 Å². The minimum Gasteiger partial charge on any atom is -0.481 e. The molecule has 0 aliphatic carbocycles. The van der Waals surface area contributed by atoms with Gasteiger partial charge < -0.3 is 5.11 Å². The molecule has 0 amide bonds. The summed E-state index contributed by atoms with van der Waals surface area (Å²) < 4.78 is 0. The van der Waals surface area contributed by atoms with Crippen LogP contribution in [0, 0.1) is 20.8 Å². The van der Waals surface area contributed by atoms with E-state index in [4.69, 9.17) is 5.11 Å². The van der Waals surface area contributed by atoms with Crippen LogP contribution in [0.15, 0.2) is 46.2 Å². The third-order valence-electron chi connectivity index (χ3n) is 3.13. The van der Waals surface area contributed by atoms with Gasteiger partial charge in [0.05, 0.1) is 6.42 Å². The largest absolute Gasteiger partial charge is 0.481 e. The fourth-order valence-corrected chi connectivity index (χ4v) is 3.43. The van der Waals surface area contributed by atoms with Crippen LogP contribution in [0.25, 0.3) is 0 Å². The fourth-order valence-electron chi connectivity index (χ4n) is 2.35. The zero-order valence-corrected chi connectivity index (χ0v) is 12.8. The number of aliphatic carboxylic acids is 1. The van der Waals surface area contributed by atoms with Crippen molar-refractivity contribution >= 4 is 17.7 Å². The monoisotopic (exact) mass is 286 g/mol. The molecule has 2 nitrogen and oxygen atoms in total. The van der Waals surface area contributed by atoms with Crippen molar-refractivity contribution in [3.8, 4) is 0 Å². The van der Waals surface area contributed by atoms with Crippen LogP contribution < -0.4 is 0 Å². The summed E-state index contributed by atoms with van der Waals surface area (Å²) in [6.45, 7) is 6.29. The van der Waals surface area contributed by atoms with E-state index < -0.39 is 5.97 Å². The second kappa shape index (κ2) is 6.14. The molecular weight excluding hydrogens is 268 g/mol. The van der Waals surface area contributed by atoms with Crippen LogP contribution in [0.1, 0.15) is 22.3 Å². The van der Waals surface area contributed by atoms with Gasteiger partial charge in [-0.05, 0) is 43.5 Å². The Morgan fingerprint density at radius 1 is 1.10 bits per heavy atom. The molecule has 0 saturated carbocycles. The number of rotatable bonds is 4. The van der Waals surface area contributed by atoms with Crippen molar-refractivity contribution < 1.29 is 9.90 Å². The number of carboxylic acid groups (broad SMARTS) is 1. The average Bonchev–Trinajstić information content (AvgIpc) is 2.34. The molecule has 20 heavy (non-hydrogen) atoms. The van der Waals surface area contributed by atoms with Crippen LogP contribution in [0.5, 0.6) is 0 Å². The third-order valence-corrected chi connectivity index (χ3v) is 4.60. The van der Waals surface area contributed by atoms with Crippen LogP contribution in [-0.4, -0.2) is 11.1 Å². The maximum Gasteiger partial charge on any atom is 0.307 e. The maximum absolute atomic E-state index is 10.9. The molecule has 0 bridgehead atoms. The summed E-state index contributed by atoms with van der Waals surface area (Å²) in [7, 11) is 0. The van der Waals surface area contributed by atoms with Crippen LogP contribution in [-0.2, 0) is 11.2 Å². The van der Waals surface area contributed by atoms with E-state index in [0.29, 0.717) is 0 Å². The summed E-state index contributed by atoms with van der Waals surface area (Å²) in [6.07, 6.45) is 0.0626. The topological polar surface area (TPSA) is 37.3 Å². The van der Waals surface area contributed by atoms with Crippen molar-refractivity contribution in [2.45, 2.75) is 37.0 Å². The van der Waals surface area contributed by atoms with Crippen molar-refractivity contribution in [2.75, 3.05) is 0 Å². The molecule has 0 aliphatic rings. The molecule has 2 rings (SSSR count). The quantitative estimate of drug-likeness (QED) is 0.905. The van der Waals surface area contributed by atoms with Gasteiger partial charge in [-0.3, -0.25) is 4.79 Å². The van der Waals surface area contributed by atoms with Gasteiger partial charge in [-0.15, -0.1) is 0 Å².